The number of hydrogen-bond acceptors (Lipinski definition) is 4. The van der Waals surface area contributed by atoms with Crippen LogP contribution in [0, 0.1) is 0 Å². The van der Waals surface area contributed by atoms with E-state index in [9.17, 15) is 4.79 Å². The predicted octanol–water partition coefficient (Wildman–Crippen LogP) is 5.58. The van der Waals surface area contributed by atoms with E-state index < -0.39 is 0 Å². The maximum absolute atomic E-state index is 12.3. The number of anilines is 1. The van der Waals surface area contributed by atoms with Crippen LogP contribution in [0.4, 0.5) is 5.69 Å². The molecule has 140 valence electrons. The number of carbonyl (C=O) groups excluding carboxylic acids is 1. The van der Waals surface area contributed by atoms with Gasteiger partial charge in [0.1, 0.15) is 11.5 Å². The number of benzene rings is 2. The number of rotatable bonds is 5. The van der Waals surface area contributed by atoms with E-state index in [1.165, 1.54) is 5.56 Å². The predicted molar refractivity (Wildman–Crippen MR) is 105 cm³/mol. The van der Waals surface area contributed by atoms with Crippen LogP contribution < -0.4 is 10.1 Å². The Hall–Kier alpha value is -3.08. The molecular weight excluding hydrogens is 340 g/mol. The summed E-state index contributed by atoms with van der Waals surface area (Å²) in [7, 11) is 0. The Bertz CT molecular complexity index is 904. The summed E-state index contributed by atoms with van der Waals surface area (Å²) < 4.78 is 11.0. The van der Waals surface area contributed by atoms with Gasteiger partial charge in [-0.15, -0.1) is 0 Å². The Morgan fingerprint density at radius 2 is 1.74 bits per heavy atom. The molecule has 0 fully saturated rings. The van der Waals surface area contributed by atoms with E-state index in [0.29, 0.717) is 22.9 Å². The Kier molecular flexibility index (Phi) is 5.31. The van der Waals surface area contributed by atoms with Gasteiger partial charge in [0.2, 0.25) is 0 Å². The highest BCUT2D eigenvalue weighted by molar-refractivity contribution is 6.04. The number of nitrogens with zero attached hydrogens (tertiary/aromatic N) is 1. The minimum Gasteiger partial charge on any atom is -0.436 e. The van der Waals surface area contributed by atoms with Gasteiger partial charge in [0.05, 0.1) is 0 Å². The zero-order valence-corrected chi connectivity index (χ0v) is 16.1. The van der Waals surface area contributed by atoms with Crippen LogP contribution in [0.5, 0.6) is 11.6 Å². The molecule has 2 aromatic carbocycles. The third kappa shape index (κ3) is 4.76. The maximum atomic E-state index is 12.3. The van der Waals surface area contributed by atoms with Crippen molar-refractivity contribution in [3.05, 3.63) is 71.5 Å². The molecular formula is C22H24N2O3. The van der Waals surface area contributed by atoms with Gasteiger partial charge in [-0.05, 0) is 53.5 Å². The van der Waals surface area contributed by atoms with Gasteiger partial charge in [-0.3, -0.25) is 4.79 Å². The Labute approximate surface area is 159 Å². The summed E-state index contributed by atoms with van der Waals surface area (Å²) in [5, 5.41) is 6.82. The number of nitrogens with one attached hydrogen (secondary N) is 1. The van der Waals surface area contributed by atoms with Crippen LogP contribution in [-0.4, -0.2) is 11.1 Å². The topological polar surface area (TPSA) is 64.4 Å². The van der Waals surface area contributed by atoms with Crippen molar-refractivity contribution in [3.63, 3.8) is 0 Å². The lowest BCUT2D eigenvalue weighted by atomic mass is 9.94. The lowest BCUT2D eigenvalue weighted by Crippen LogP contribution is -2.11. The summed E-state index contributed by atoms with van der Waals surface area (Å²) >= 11 is 0. The van der Waals surface area contributed by atoms with Crippen molar-refractivity contribution in [3.8, 4) is 11.6 Å². The summed E-state index contributed by atoms with van der Waals surface area (Å²) in [5.74, 6) is 1.65. The van der Waals surface area contributed by atoms with Gasteiger partial charge in [0.25, 0.3) is 11.8 Å². The lowest BCUT2D eigenvalue weighted by Gasteiger charge is -2.11. The van der Waals surface area contributed by atoms with Crippen molar-refractivity contribution in [2.75, 3.05) is 5.32 Å². The molecule has 3 rings (SSSR count). The van der Waals surface area contributed by atoms with Crippen molar-refractivity contribution in [1.29, 1.82) is 0 Å². The van der Waals surface area contributed by atoms with Crippen LogP contribution in [0.1, 0.15) is 49.4 Å². The molecule has 27 heavy (non-hydrogen) atoms. The van der Waals surface area contributed by atoms with Crippen molar-refractivity contribution < 1.29 is 14.1 Å². The van der Waals surface area contributed by atoms with E-state index >= 15 is 0 Å². The fourth-order valence-corrected chi connectivity index (χ4v) is 2.48. The number of amides is 1. The minimum absolute atomic E-state index is 0.127. The fraction of sp³-hybridized carbons (Fsp3) is 0.273. The second-order valence-corrected chi connectivity index (χ2v) is 7.41. The highest BCUT2D eigenvalue weighted by atomic mass is 16.5. The second kappa shape index (κ2) is 7.66. The third-order valence-electron chi connectivity index (χ3n) is 4.19. The van der Waals surface area contributed by atoms with Crippen LogP contribution >= 0.6 is 0 Å². The first-order chi connectivity index (χ1) is 12.8. The van der Waals surface area contributed by atoms with Crippen LogP contribution in [-0.2, 0) is 11.8 Å². The summed E-state index contributed by atoms with van der Waals surface area (Å²) in [5.41, 5.74) is 2.40. The molecule has 5 nitrogen and oxygen atoms in total. The highest BCUT2D eigenvalue weighted by Gasteiger charge is 2.20. The molecule has 1 N–H and O–H groups in total. The smallest absolute Gasteiger partial charge is 0.259 e. The van der Waals surface area contributed by atoms with E-state index in [0.717, 1.165) is 12.2 Å². The zero-order valence-electron chi connectivity index (χ0n) is 16.1. The second-order valence-electron chi connectivity index (χ2n) is 7.41. The molecule has 0 saturated carbocycles. The van der Waals surface area contributed by atoms with E-state index in [2.05, 4.69) is 17.4 Å². The molecule has 5 heteroatoms. The lowest BCUT2D eigenvalue weighted by molar-refractivity contribution is 0.102. The Morgan fingerprint density at radius 1 is 1.07 bits per heavy atom. The summed E-state index contributed by atoms with van der Waals surface area (Å²) in [6, 6.07) is 16.5. The zero-order chi connectivity index (χ0) is 19.4. The quantitative estimate of drug-likeness (QED) is 0.642. The standard InChI is InChI=1S/C22H24N2O3/c1-5-15-6-8-16(9-7-15)21(25)23-17-10-12-18(13-11-17)26-20-14-19(27-24-20)22(2,3)4/h6-14H,5H2,1-4H3,(H,23,25). The molecule has 1 heterocycles. The molecule has 0 aliphatic heterocycles. The van der Waals surface area contributed by atoms with Crippen molar-refractivity contribution >= 4 is 11.6 Å². The fourth-order valence-electron chi connectivity index (χ4n) is 2.48. The molecule has 3 aromatic rings. The summed E-state index contributed by atoms with van der Waals surface area (Å²) in [4.78, 5) is 12.3. The molecule has 0 saturated heterocycles. The molecule has 0 aliphatic carbocycles. The first-order valence-electron chi connectivity index (χ1n) is 9.00. The molecule has 0 radical (unpaired) electrons. The van der Waals surface area contributed by atoms with Gasteiger partial charge in [-0.1, -0.05) is 39.8 Å². The number of aryl methyl sites for hydroxylation is 1. The molecule has 0 atom stereocenters. The number of hydrogen-bond donors (Lipinski definition) is 1. The first kappa shape index (κ1) is 18.7. The van der Waals surface area contributed by atoms with Gasteiger partial charge >= 0.3 is 0 Å². The van der Waals surface area contributed by atoms with Gasteiger partial charge in [0, 0.05) is 22.7 Å². The number of ether oxygens (including phenoxy) is 1. The third-order valence-corrected chi connectivity index (χ3v) is 4.19. The molecule has 1 amide bonds. The first-order valence-corrected chi connectivity index (χ1v) is 9.00. The summed E-state index contributed by atoms with van der Waals surface area (Å²) in [6.45, 7) is 8.22. The Balaban J connectivity index is 1.62. The molecule has 0 unspecified atom stereocenters. The average Bonchev–Trinajstić information content (AvgIpc) is 3.12. The Morgan fingerprint density at radius 3 is 2.30 bits per heavy atom. The SMILES string of the molecule is CCc1ccc(C(=O)Nc2ccc(Oc3cc(C(C)(C)C)on3)cc2)cc1. The molecule has 1 aromatic heterocycles. The van der Waals surface area contributed by atoms with Gasteiger partial charge in [0.15, 0.2) is 0 Å². The van der Waals surface area contributed by atoms with Gasteiger partial charge in [-0.25, -0.2) is 0 Å². The largest absolute Gasteiger partial charge is 0.436 e. The maximum Gasteiger partial charge on any atom is 0.259 e. The van der Waals surface area contributed by atoms with E-state index in [-0.39, 0.29) is 11.3 Å². The summed E-state index contributed by atoms with van der Waals surface area (Å²) in [6.07, 6.45) is 0.951. The molecule has 0 spiro atoms. The monoisotopic (exact) mass is 364 g/mol. The van der Waals surface area contributed by atoms with Crippen LogP contribution in [0.25, 0.3) is 0 Å². The number of aromatic nitrogens is 1. The normalized spacial score (nSPS) is 11.3. The minimum atomic E-state index is -0.141. The van der Waals surface area contributed by atoms with Gasteiger partial charge in [-0.2, -0.15) is 0 Å². The van der Waals surface area contributed by atoms with Crippen molar-refractivity contribution in [2.45, 2.75) is 39.5 Å². The van der Waals surface area contributed by atoms with Crippen molar-refractivity contribution in [2.24, 2.45) is 0 Å². The number of carbonyl (C=O) groups is 1. The highest BCUT2D eigenvalue weighted by Crippen LogP contribution is 2.28. The van der Waals surface area contributed by atoms with Crippen molar-refractivity contribution in [1.82, 2.24) is 5.16 Å². The van der Waals surface area contributed by atoms with Gasteiger partial charge < -0.3 is 14.6 Å². The molecule has 0 aliphatic rings. The van der Waals surface area contributed by atoms with E-state index in [4.69, 9.17) is 9.26 Å². The van der Waals surface area contributed by atoms with Crippen LogP contribution in [0.2, 0.25) is 0 Å². The average molecular weight is 364 g/mol. The van der Waals surface area contributed by atoms with Crippen LogP contribution in [0.15, 0.2) is 59.1 Å². The molecule has 0 bridgehead atoms. The van der Waals surface area contributed by atoms with E-state index in [1.54, 1.807) is 30.3 Å². The van der Waals surface area contributed by atoms with Crippen LogP contribution in [0.3, 0.4) is 0 Å². The van der Waals surface area contributed by atoms with E-state index in [1.807, 2.05) is 45.0 Å².